The van der Waals surface area contributed by atoms with Crippen LogP contribution in [0.1, 0.15) is 38.4 Å². The Hall–Kier alpha value is -1.91. The van der Waals surface area contributed by atoms with E-state index < -0.39 is 5.41 Å². The van der Waals surface area contributed by atoms with Crippen LogP contribution in [0.3, 0.4) is 0 Å². The fourth-order valence-corrected chi connectivity index (χ4v) is 3.37. The van der Waals surface area contributed by atoms with E-state index in [4.69, 9.17) is 4.74 Å². The topological polar surface area (TPSA) is 44.1 Å². The van der Waals surface area contributed by atoms with Gasteiger partial charge in [-0.05, 0) is 31.9 Å². The molecular weight excluding hydrogens is 271 g/mol. The van der Waals surface area contributed by atoms with Gasteiger partial charge in [-0.1, -0.05) is 12.8 Å². The maximum absolute atomic E-state index is 13.4. The summed E-state index contributed by atoms with van der Waals surface area (Å²) in [5.74, 6) is 0.171. The van der Waals surface area contributed by atoms with Gasteiger partial charge >= 0.3 is 5.97 Å². The molecule has 1 aromatic heterocycles. The van der Waals surface area contributed by atoms with Crippen molar-refractivity contribution in [3.05, 3.63) is 29.8 Å². The van der Waals surface area contributed by atoms with E-state index in [9.17, 15) is 9.18 Å². The van der Waals surface area contributed by atoms with Gasteiger partial charge in [0, 0.05) is 13.1 Å². The second-order valence-electron chi connectivity index (χ2n) is 5.64. The number of hydrogen-bond donors (Lipinski definition) is 0. The summed E-state index contributed by atoms with van der Waals surface area (Å²) in [7, 11) is 1.88. The second kappa shape index (κ2) is 5.13. The van der Waals surface area contributed by atoms with Crippen LogP contribution >= 0.6 is 0 Å². The molecule has 1 fully saturated rings. The zero-order valence-electron chi connectivity index (χ0n) is 12.4. The van der Waals surface area contributed by atoms with Gasteiger partial charge in [-0.3, -0.25) is 4.79 Å². The molecule has 0 spiro atoms. The largest absolute Gasteiger partial charge is 0.465 e. The molecule has 0 radical (unpaired) electrons. The van der Waals surface area contributed by atoms with Gasteiger partial charge in [0.25, 0.3) is 0 Å². The Morgan fingerprint density at radius 3 is 2.81 bits per heavy atom. The molecule has 0 saturated heterocycles. The van der Waals surface area contributed by atoms with Crippen LogP contribution in [0.2, 0.25) is 0 Å². The van der Waals surface area contributed by atoms with Crippen molar-refractivity contribution in [3.8, 4) is 0 Å². The molecule has 0 aliphatic heterocycles. The number of carbonyl (C=O) groups excluding carboxylic acids is 1. The number of imidazole rings is 1. The molecule has 1 aliphatic carbocycles. The summed E-state index contributed by atoms with van der Waals surface area (Å²) in [6.07, 6.45) is 3.45. The Morgan fingerprint density at radius 2 is 2.14 bits per heavy atom. The van der Waals surface area contributed by atoms with Gasteiger partial charge in [-0.15, -0.1) is 0 Å². The predicted molar refractivity (Wildman–Crippen MR) is 77.5 cm³/mol. The number of ether oxygens (including phenoxy) is 1. The zero-order chi connectivity index (χ0) is 15.0. The summed E-state index contributed by atoms with van der Waals surface area (Å²) >= 11 is 0. The molecule has 0 unspecified atom stereocenters. The number of esters is 1. The SMILES string of the molecule is CCOC(=O)C1(c2nc3cc(F)ccc3n2C)CCCC1. The number of rotatable bonds is 3. The quantitative estimate of drug-likeness (QED) is 0.816. The Labute approximate surface area is 122 Å². The molecular formula is C16H19FN2O2. The fraction of sp³-hybridized carbons (Fsp3) is 0.500. The molecule has 1 aromatic carbocycles. The van der Waals surface area contributed by atoms with E-state index in [-0.39, 0.29) is 11.8 Å². The Morgan fingerprint density at radius 1 is 1.43 bits per heavy atom. The first kappa shape index (κ1) is 14.0. The zero-order valence-corrected chi connectivity index (χ0v) is 12.4. The molecule has 1 aliphatic rings. The minimum atomic E-state index is -0.680. The minimum Gasteiger partial charge on any atom is -0.465 e. The number of hydrogen-bond acceptors (Lipinski definition) is 3. The monoisotopic (exact) mass is 290 g/mol. The molecule has 0 atom stereocenters. The summed E-state index contributed by atoms with van der Waals surface area (Å²) < 4.78 is 20.6. The van der Waals surface area contributed by atoms with E-state index in [1.807, 2.05) is 18.5 Å². The van der Waals surface area contributed by atoms with E-state index in [2.05, 4.69) is 4.98 Å². The first-order valence-electron chi connectivity index (χ1n) is 7.38. The lowest BCUT2D eigenvalue weighted by atomic mass is 9.85. The number of aromatic nitrogens is 2. The van der Waals surface area contributed by atoms with Crippen LogP contribution in [0.4, 0.5) is 4.39 Å². The summed E-state index contributed by atoms with van der Waals surface area (Å²) in [6.45, 7) is 2.17. The van der Waals surface area contributed by atoms with Crippen molar-refractivity contribution >= 4 is 17.0 Å². The summed E-state index contributed by atoms with van der Waals surface area (Å²) in [5.41, 5.74) is 0.741. The lowest BCUT2D eigenvalue weighted by Crippen LogP contribution is -2.37. The van der Waals surface area contributed by atoms with Gasteiger partial charge in [0.15, 0.2) is 0 Å². The molecule has 1 saturated carbocycles. The molecule has 3 rings (SSSR count). The molecule has 2 aromatic rings. The van der Waals surface area contributed by atoms with Gasteiger partial charge in [-0.2, -0.15) is 0 Å². The van der Waals surface area contributed by atoms with Gasteiger partial charge in [0.05, 0.1) is 17.6 Å². The molecule has 5 heteroatoms. The second-order valence-corrected chi connectivity index (χ2v) is 5.64. The van der Waals surface area contributed by atoms with Gasteiger partial charge < -0.3 is 9.30 Å². The van der Waals surface area contributed by atoms with Gasteiger partial charge in [-0.25, -0.2) is 9.37 Å². The van der Waals surface area contributed by atoms with Crippen molar-refractivity contribution in [1.29, 1.82) is 0 Å². The number of aryl methyl sites for hydroxylation is 1. The molecule has 1 heterocycles. The third kappa shape index (κ3) is 2.11. The smallest absolute Gasteiger partial charge is 0.319 e. The van der Waals surface area contributed by atoms with E-state index in [1.165, 1.54) is 12.1 Å². The molecule has 21 heavy (non-hydrogen) atoms. The van der Waals surface area contributed by atoms with E-state index >= 15 is 0 Å². The average molecular weight is 290 g/mol. The van der Waals surface area contributed by atoms with Crippen molar-refractivity contribution in [1.82, 2.24) is 9.55 Å². The van der Waals surface area contributed by atoms with Crippen molar-refractivity contribution in [3.63, 3.8) is 0 Å². The Kier molecular flexibility index (Phi) is 3.43. The van der Waals surface area contributed by atoms with Crippen LogP contribution < -0.4 is 0 Å². The number of nitrogens with zero attached hydrogens (tertiary/aromatic N) is 2. The molecule has 0 bridgehead atoms. The van der Waals surface area contributed by atoms with Crippen LogP contribution in [-0.4, -0.2) is 22.1 Å². The molecule has 0 amide bonds. The Balaban J connectivity index is 2.16. The number of halogens is 1. The van der Waals surface area contributed by atoms with E-state index in [0.29, 0.717) is 17.9 Å². The number of benzene rings is 1. The lowest BCUT2D eigenvalue weighted by molar-refractivity contribution is -0.150. The average Bonchev–Trinajstić information content (AvgIpc) is 3.05. The summed E-state index contributed by atoms with van der Waals surface area (Å²) in [5, 5.41) is 0. The van der Waals surface area contributed by atoms with Crippen LogP contribution in [-0.2, 0) is 22.0 Å². The number of fused-ring (bicyclic) bond motifs is 1. The highest BCUT2D eigenvalue weighted by molar-refractivity contribution is 5.85. The summed E-state index contributed by atoms with van der Waals surface area (Å²) in [6, 6.07) is 4.53. The van der Waals surface area contributed by atoms with Crippen molar-refractivity contribution in [2.24, 2.45) is 7.05 Å². The van der Waals surface area contributed by atoms with Crippen molar-refractivity contribution in [2.45, 2.75) is 38.0 Å². The molecule has 4 nitrogen and oxygen atoms in total. The van der Waals surface area contributed by atoms with Crippen LogP contribution in [0.15, 0.2) is 18.2 Å². The van der Waals surface area contributed by atoms with Gasteiger partial charge in [0.1, 0.15) is 17.1 Å². The number of carbonyl (C=O) groups is 1. The normalized spacial score (nSPS) is 17.3. The maximum Gasteiger partial charge on any atom is 0.319 e. The lowest BCUT2D eigenvalue weighted by Gasteiger charge is -2.25. The van der Waals surface area contributed by atoms with Gasteiger partial charge in [0.2, 0.25) is 0 Å². The highest BCUT2D eigenvalue weighted by Crippen LogP contribution is 2.42. The first-order valence-corrected chi connectivity index (χ1v) is 7.38. The van der Waals surface area contributed by atoms with Crippen LogP contribution in [0, 0.1) is 5.82 Å². The summed E-state index contributed by atoms with van der Waals surface area (Å²) in [4.78, 5) is 17.1. The highest BCUT2D eigenvalue weighted by atomic mass is 19.1. The highest BCUT2D eigenvalue weighted by Gasteiger charge is 2.47. The standard InChI is InChI=1S/C16H19FN2O2/c1-3-21-15(20)16(8-4-5-9-16)14-18-12-10-11(17)6-7-13(12)19(14)2/h6-7,10H,3-5,8-9H2,1-2H3. The van der Waals surface area contributed by atoms with Crippen LogP contribution in [0.5, 0.6) is 0 Å². The van der Waals surface area contributed by atoms with Crippen molar-refractivity contribution in [2.75, 3.05) is 6.61 Å². The predicted octanol–water partition coefficient (Wildman–Crippen LogP) is 3.09. The fourth-order valence-electron chi connectivity index (χ4n) is 3.37. The first-order chi connectivity index (χ1) is 10.1. The van der Waals surface area contributed by atoms with Crippen molar-refractivity contribution < 1.29 is 13.9 Å². The molecule has 0 N–H and O–H groups in total. The van der Waals surface area contributed by atoms with E-state index in [1.54, 1.807) is 6.07 Å². The Bertz CT molecular complexity index is 687. The van der Waals surface area contributed by atoms with Crippen LogP contribution in [0.25, 0.3) is 11.0 Å². The third-order valence-corrected chi connectivity index (χ3v) is 4.39. The molecule has 112 valence electrons. The third-order valence-electron chi connectivity index (χ3n) is 4.39. The maximum atomic E-state index is 13.4. The van der Waals surface area contributed by atoms with E-state index in [0.717, 1.165) is 31.2 Å². The minimum absolute atomic E-state index is 0.207.